The number of nitrogens with two attached hydrogens (primary N) is 1. The second-order valence-corrected chi connectivity index (χ2v) is 13.6. The zero-order valence-corrected chi connectivity index (χ0v) is 16.5. The molecule has 0 bridgehead atoms. The smallest absolute Gasteiger partial charge is 0.410 e. The van der Waals surface area contributed by atoms with Gasteiger partial charge in [-0.3, -0.25) is 0 Å². The third kappa shape index (κ3) is 4.96. The van der Waals surface area contributed by atoms with Gasteiger partial charge in [0.2, 0.25) is 0 Å². The highest BCUT2D eigenvalue weighted by Gasteiger charge is 2.44. The summed E-state index contributed by atoms with van der Waals surface area (Å²) in [4.78, 5) is 14.0. The van der Waals surface area contributed by atoms with Crippen LogP contribution in [0, 0.1) is 5.92 Å². The van der Waals surface area contributed by atoms with E-state index in [0.29, 0.717) is 19.6 Å². The summed E-state index contributed by atoms with van der Waals surface area (Å²) in [5.41, 5.74) is 5.42. The van der Waals surface area contributed by atoms with Crippen LogP contribution in [0.5, 0.6) is 0 Å². The number of carbonyl (C=O) groups excluding carboxylic acids is 1. The van der Waals surface area contributed by atoms with Gasteiger partial charge in [0.1, 0.15) is 5.60 Å². The second kappa shape index (κ2) is 6.49. The highest BCUT2D eigenvalue weighted by Crippen LogP contribution is 2.39. The number of nitrogens with zero attached hydrogens (tertiary/aromatic N) is 1. The van der Waals surface area contributed by atoms with E-state index in [-0.39, 0.29) is 23.2 Å². The Morgan fingerprint density at radius 3 is 2.14 bits per heavy atom. The molecule has 2 unspecified atom stereocenters. The first kappa shape index (κ1) is 19.5. The summed E-state index contributed by atoms with van der Waals surface area (Å²) in [5, 5.41) is 0.144. The van der Waals surface area contributed by atoms with Gasteiger partial charge in [0, 0.05) is 19.0 Å². The zero-order valence-electron chi connectivity index (χ0n) is 15.5. The topological polar surface area (TPSA) is 64.8 Å². The molecule has 6 heteroatoms. The maximum Gasteiger partial charge on any atom is 0.410 e. The predicted molar refractivity (Wildman–Crippen MR) is 92.4 cm³/mol. The third-order valence-electron chi connectivity index (χ3n) is 4.59. The van der Waals surface area contributed by atoms with Crippen LogP contribution in [-0.4, -0.2) is 50.6 Å². The predicted octanol–water partition coefficient (Wildman–Crippen LogP) is 3.20. The van der Waals surface area contributed by atoms with E-state index in [9.17, 15) is 4.79 Å². The van der Waals surface area contributed by atoms with Crippen molar-refractivity contribution in [2.45, 2.75) is 71.4 Å². The van der Waals surface area contributed by atoms with Crippen LogP contribution in [0.2, 0.25) is 18.1 Å². The lowest BCUT2D eigenvalue weighted by molar-refractivity contribution is 0.0272. The molecule has 1 rings (SSSR count). The molecular formula is C16H34N2O3Si. The number of carbonyl (C=O) groups is 1. The highest BCUT2D eigenvalue weighted by atomic mass is 28.4. The Kier molecular flexibility index (Phi) is 5.74. The molecule has 5 nitrogen and oxygen atoms in total. The number of amides is 1. The minimum absolute atomic E-state index is 0.0124. The van der Waals surface area contributed by atoms with Gasteiger partial charge >= 0.3 is 6.09 Å². The Hall–Kier alpha value is -0.593. The van der Waals surface area contributed by atoms with Gasteiger partial charge in [-0.25, -0.2) is 4.79 Å². The van der Waals surface area contributed by atoms with Gasteiger partial charge in [0.05, 0.1) is 6.10 Å². The quantitative estimate of drug-likeness (QED) is 0.807. The molecule has 0 spiro atoms. The van der Waals surface area contributed by atoms with E-state index in [1.54, 1.807) is 4.90 Å². The molecule has 2 atom stereocenters. The van der Waals surface area contributed by atoms with Crippen LogP contribution in [0.1, 0.15) is 41.5 Å². The fraction of sp³-hybridized carbons (Fsp3) is 0.938. The van der Waals surface area contributed by atoms with Gasteiger partial charge in [-0.1, -0.05) is 20.8 Å². The summed E-state index contributed by atoms with van der Waals surface area (Å²) in [6.07, 6.45) is -0.259. The van der Waals surface area contributed by atoms with E-state index in [4.69, 9.17) is 14.9 Å². The van der Waals surface area contributed by atoms with Crippen molar-refractivity contribution in [3.63, 3.8) is 0 Å². The monoisotopic (exact) mass is 330 g/mol. The van der Waals surface area contributed by atoms with Crippen molar-refractivity contribution in [1.29, 1.82) is 0 Å². The molecule has 0 aromatic carbocycles. The first-order chi connectivity index (χ1) is 9.77. The van der Waals surface area contributed by atoms with Crippen LogP contribution >= 0.6 is 0 Å². The van der Waals surface area contributed by atoms with Crippen molar-refractivity contribution >= 4 is 14.4 Å². The van der Waals surface area contributed by atoms with Crippen molar-refractivity contribution in [2.75, 3.05) is 19.6 Å². The maximum atomic E-state index is 12.2. The lowest BCUT2D eigenvalue weighted by Gasteiger charge is -2.39. The van der Waals surface area contributed by atoms with Crippen LogP contribution in [0.3, 0.4) is 0 Å². The molecule has 0 aromatic heterocycles. The number of hydrogen-bond donors (Lipinski definition) is 1. The lowest BCUT2D eigenvalue weighted by Crippen LogP contribution is -2.47. The largest absolute Gasteiger partial charge is 0.444 e. The summed E-state index contributed by atoms with van der Waals surface area (Å²) in [6, 6.07) is 0. The number of rotatable bonds is 3. The van der Waals surface area contributed by atoms with E-state index in [0.717, 1.165) is 0 Å². The molecule has 1 heterocycles. The van der Waals surface area contributed by atoms with Crippen LogP contribution in [0.4, 0.5) is 4.79 Å². The van der Waals surface area contributed by atoms with Gasteiger partial charge in [-0.05, 0) is 45.4 Å². The molecule has 22 heavy (non-hydrogen) atoms. The van der Waals surface area contributed by atoms with Gasteiger partial charge in [-0.15, -0.1) is 0 Å². The minimum atomic E-state index is -1.87. The van der Waals surface area contributed by atoms with E-state index >= 15 is 0 Å². The lowest BCUT2D eigenvalue weighted by atomic mass is 10.1. The Morgan fingerprint density at radius 2 is 1.73 bits per heavy atom. The van der Waals surface area contributed by atoms with Crippen LogP contribution in [0.25, 0.3) is 0 Å². The van der Waals surface area contributed by atoms with E-state index < -0.39 is 13.9 Å². The number of hydrogen-bond acceptors (Lipinski definition) is 4. The molecular weight excluding hydrogens is 296 g/mol. The average molecular weight is 331 g/mol. The van der Waals surface area contributed by atoms with Crippen molar-refractivity contribution in [2.24, 2.45) is 11.7 Å². The van der Waals surface area contributed by atoms with Gasteiger partial charge < -0.3 is 19.8 Å². The average Bonchev–Trinajstić information content (AvgIpc) is 2.67. The first-order valence-corrected chi connectivity index (χ1v) is 11.0. The summed E-state index contributed by atoms with van der Waals surface area (Å²) < 4.78 is 11.9. The van der Waals surface area contributed by atoms with Crippen LogP contribution < -0.4 is 5.73 Å². The molecule has 130 valence electrons. The molecule has 1 aliphatic heterocycles. The molecule has 1 amide bonds. The molecule has 1 saturated heterocycles. The fourth-order valence-electron chi connectivity index (χ4n) is 2.23. The van der Waals surface area contributed by atoms with Gasteiger partial charge in [-0.2, -0.15) is 0 Å². The second-order valence-electron chi connectivity index (χ2n) is 8.80. The normalized spacial score (nSPS) is 23.8. The van der Waals surface area contributed by atoms with Crippen molar-refractivity contribution in [3.8, 4) is 0 Å². The summed E-state index contributed by atoms with van der Waals surface area (Å²) in [5.74, 6) is 0.182. The zero-order chi connectivity index (χ0) is 17.3. The van der Waals surface area contributed by atoms with Crippen molar-refractivity contribution in [3.05, 3.63) is 0 Å². The van der Waals surface area contributed by atoms with Gasteiger partial charge in [0.15, 0.2) is 8.32 Å². The minimum Gasteiger partial charge on any atom is -0.444 e. The molecule has 1 aliphatic rings. The van der Waals surface area contributed by atoms with E-state index in [1.807, 2.05) is 20.8 Å². The third-order valence-corrected chi connectivity index (χ3v) is 9.09. The summed E-state index contributed by atoms with van der Waals surface area (Å²) in [7, 11) is -1.87. The molecule has 0 radical (unpaired) electrons. The Balaban J connectivity index is 2.76. The van der Waals surface area contributed by atoms with E-state index in [2.05, 4.69) is 33.9 Å². The maximum absolute atomic E-state index is 12.2. The van der Waals surface area contributed by atoms with E-state index in [1.165, 1.54) is 0 Å². The Bertz CT molecular complexity index is 399. The highest BCUT2D eigenvalue weighted by molar-refractivity contribution is 6.74. The number of ether oxygens (including phenoxy) is 1. The summed E-state index contributed by atoms with van der Waals surface area (Å²) in [6.45, 7) is 18.5. The first-order valence-electron chi connectivity index (χ1n) is 8.12. The number of likely N-dealkylation sites (tertiary alicyclic amines) is 1. The SMILES string of the molecule is CC(C)(C)OC(=O)N1CC(CN)C(O[Si](C)(C)C(C)(C)C)C1. The van der Waals surface area contributed by atoms with Gasteiger partial charge in [0.25, 0.3) is 0 Å². The Morgan fingerprint density at radius 1 is 1.18 bits per heavy atom. The van der Waals surface area contributed by atoms with Crippen molar-refractivity contribution in [1.82, 2.24) is 4.90 Å². The molecule has 0 aromatic rings. The molecule has 1 fully saturated rings. The molecule has 0 aliphatic carbocycles. The van der Waals surface area contributed by atoms with Crippen molar-refractivity contribution < 1.29 is 14.0 Å². The molecule has 2 N–H and O–H groups in total. The standard InChI is InChI=1S/C16H34N2O3Si/c1-15(2,3)20-14(19)18-10-12(9-17)13(11-18)21-22(7,8)16(4,5)6/h12-13H,9-11,17H2,1-8H3. The Labute approximate surface area is 136 Å². The summed E-state index contributed by atoms with van der Waals surface area (Å²) >= 11 is 0. The fourth-order valence-corrected chi connectivity index (χ4v) is 3.61. The van der Waals surface area contributed by atoms with Crippen LogP contribution in [0.15, 0.2) is 0 Å². The molecule has 0 saturated carbocycles. The van der Waals surface area contributed by atoms with Crippen LogP contribution in [-0.2, 0) is 9.16 Å².